The van der Waals surface area contributed by atoms with E-state index in [9.17, 15) is 4.79 Å². The van der Waals surface area contributed by atoms with Crippen molar-refractivity contribution >= 4 is 11.7 Å². The Morgan fingerprint density at radius 3 is 2.09 bits per heavy atom. The summed E-state index contributed by atoms with van der Waals surface area (Å²) < 4.78 is 11.1. The molecule has 1 fully saturated rings. The zero-order chi connectivity index (χ0) is 22.3. The number of rotatable bonds is 7. The van der Waals surface area contributed by atoms with Crippen molar-refractivity contribution in [3.8, 4) is 22.8 Å². The summed E-state index contributed by atoms with van der Waals surface area (Å²) in [4.78, 5) is 16.5. The first-order chi connectivity index (χ1) is 15.6. The molecule has 0 radical (unpaired) electrons. The molecular formula is C25H28N4O3. The summed E-state index contributed by atoms with van der Waals surface area (Å²) in [6.07, 6.45) is 0. The molecule has 0 aliphatic carbocycles. The van der Waals surface area contributed by atoms with Crippen LogP contribution in [0.2, 0.25) is 0 Å². The maximum absolute atomic E-state index is 12.5. The third-order valence-corrected chi connectivity index (χ3v) is 5.45. The lowest BCUT2D eigenvalue weighted by Crippen LogP contribution is -2.50. The minimum Gasteiger partial charge on any atom is -0.494 e. The molecule has 0 spiro atoms. The van der Waals surface area contributed by atoms with Gasteiger partial charge in [-0.25, -0.2) is 0 Å². The van der Waals surface area contributed by atoms with Gasteiger partial charge in [0.2, 0.25) is 0 Å². The van der Waals surface area contributed by atoms with Crippen LogP contribution in [0.15, 0.2) is 60.7 Å². The summed E-state index contributed by atoms with van der Waals surface area (Å²) in [6.45, 7) is 7.34. The van der Waals surface area contributed by atoms with Crippen molar-refractivity contribution < 1.29 is 14.3 Å². The summed E-state index contributed by atoms with van der Waals surface area (Å²) in [6, 6.07) is 19.5. The van der Waals surface area contributed by atoms with Crippen LogP contribution < -0.4 is 14.4 Å². The molecule has 2 heterocycles. The van der Waals surface area contributed by atoms with Crippen molar-refractivity contribution in [1.82, 2.24) is 15.1 Å². The van der Waals surface area contributed by atoms with E-state index >= 15 is 0 Å². The number of aryl methyl sites for hydroxylation is 1. The lowest BCUT2D eigenvalue weighted by Gasteiger charge is -2.35. The Balaban J connectivity index is 1.26. The molecule has 1 aromatic heterocycles. The van der Waals surface area contributed by atoms with Crippen molar-refractivity contribution in [3.05, 3.63) is 66.2 Å². The number of amides is 1. The van der Waals surface area contributed by atoms with Crippen molar-refractivity contribution in [2.75, 3.05) is 44.3 Å². The second-order valence-corrected chi connectivity index (χ2v) is 7.70. The Labute approximate surface area is 188 Å². The molecule has 1 aliphatic heterocycles. The molecule has 7 heteroatoms. The first kappa shape index (κ1) is 21.6. The van der Waals surface area contributed by atoms with Gasteiger partial charge >= 0.3 is 0 Å². The van der Waals surface area contributed by atoms with Crippen LogP contribution in [0, 0.1) is 6.92 Å². The van der Waals surface area contributed by atoms with Crippen LogP contribution in [0.25, 0.3) is 11.3 Å². The third kappa shape index (κ3) is 5.35. The van der Waals surface area contributed by atoms with Gasteiger partial charge in [0.1, 0.15) is 11.5 Å². The maximum Gasteiger partial charge on any atom is 0.260 e. The summed E-state index contributed by atoms with van der Waals surface area (Å²) in [5.41, 5.74) is 3.13. The number of anilines is 1. The number of carbonyl (C=O) groups excluding carboxylic acids is 1. The number of ether oxygens (including phenoxy) is 2. The minimum absolute atomic E-state index is 0.0145. The van der Waals surface area contributed by atoms with Crippen LogP contribution in [-0.2, 0) is 4.79 Å². The summed E-state index contributed by atoms with van der Waals surface area (Å²) in [5.74, 6) is 2.26. The molecule has 4 rings (SSSR count). The van der Waals surface area contributed by atoms with Crippen LogP contribution in [0.3, 0.4) is 0 Å². The zero-order valence-corrected chi connectivity index (χ0v) is 18.5. The minimum atomic E-state index is -0.0145. The number of hydrogen-bond acceptors (Lipinski definition) is 6. The summed E-state index contributed by atoms with van der Waals surface area (Å²) >= 11 is 0. The fourth-order valence-electron chi connectivity index (χ4n) is 3.59. The van der Waals surface area contributed by atoms with Gasteiger partial charge in [-0.1, -0.05) is 29.8 Å². The third-order valence-electron chi connectivity index (χ3n) is 5.45. The highest BCUT2D eigenvalue weighted by Gasteiger charge is 2.22. The van der Waals surface area contributed by atoms with E-state index in [0.717, 1.165) is 22.8 Å². The van der Waals surface area contributed by atoms with Gasteiger partial charge in [-0.3, -0.25) is 4.79 Å². The van der Waals surface area contributed by atoms with E-state index in [1.807, 2.05) is 48.2 Å². The van der Waals surface area contributed by atoms with Crippen LogP contribution >= 0.6 is 0 Å². The average Bonchev–Trinajstić information content (AvgIpc) is 2.84. The number of nitrogens with zero attached hydrogens (tertiary/aromatic N) is 4. The first-order valence-electron chi connectivity index (χ1n) is 10.9. The molecule has 0 N–H and O–H groups in total. The highest BCUT2D eigenvalue weighted by molar-refractivity contribution is 5.78. The largest absolute Gasteiger partial charge is 0.494 e. The molecule has 166 valence electrons. The maximum atomic E-state index is 12.5. The van der Waals surface area contributed by atoms with Crippen molar-refractivity contribution in [1.29, 1.82) is 0 Å². The molecule has 0 bridgehead atoms. The van der Waals surface area contributed by atoms with E-state index in [0.29, 0.717) is 38.5 Å². The molecule has 32 heavy (non-hydrogen) atoms. The molecule has 0 saturated carbocycles. The van der Waals surface area contributed by atoms with Crippen LogP contribution in [0.4, 0.5) is 5.82 Å². The molecule has 1 amide bonds. The van der Waals surface area contributed by atoms with Crippen LogP contribution in [0.1, 0.15) is 12.5 Å². The van der Waals surface area contributed by atoms with E-state index in [1.165, 1.54) is 5.56 Å². The Morgan fingerprint density at radius 2 is 1.50 bits per heavy atom. The van der Waals surface area contributed by atoms with Gasteiger partial charge in [0, 0.05) is 31.7 Å². The van der Waals surface area contributed by atoms with Crippen LogP contribution in [-0.4, -0.2) is 60.4 Å². The molecule has 0 unspecified atom stereocenters. The van der Waals surface area contributed by atoms with Crippen molar-refractivity contribution in [3.63, 3.8) is 0 Å². The fourth-order valence-corrected chi connectivity index (χ4v) is 3.59. The Hall–Kier alpha value is -3.61. The zero-order valence-electron chi connectivity index (χ0n) is 18.5. The standard InChI is InChI=1S/C25H28N4O3/c1-3-31-21-8-10-22(11-9-21)32-18-25(30)29-16-14-28(15-17-29)24-13-12-23(26-27-24)20-6-4-19(2)5-7-20/h4-13H,3,14-18H2,1-2H3. The van der Waals surface area contributed by atoms with E-state index in [-0.39, 0.29) is 12.5 Å². The quantitative estimate of drug-likeness (QED) is 0.569. The van der Waals surface area contributed by atoms with Gasteiger partial charge in [0.15, 0.2) is 12.4 Å². The van der Waals surface area contributed by atoms with E-state index in [2.05, 4.69) is 46.3 Å². The van der Waals surface area contributed by atoms with Gasteiger partial charge in [-0.05, 0) is 50.2 Å². The molecular weight excluding hydrogens is 404 g/mol. The molecule has 3 aromatic rings. The molecule has 0 atom stereocenters. The van der Waals surface area contributed by atoms with Gasteiger partial charge in [-0.2, -0.15) is 0 Å². The number of aromatic nitrogens is 2. The number of carbonyl (C=O) groups is 1. The van der Waals surface area contributed by atoms with Crippen LogP contribution in [0.5, 0.6) is 11.5 Å². The van der Waals surface area contributed by atoms with Crippen molar-refractivity contribution in [2.45, 2.75) is 13.8 Å². The Kier molecular flexibility index (Phi) is 6.84. The fraction of sp³-hybridized carbons (Fsp3) is 0.320. The van der Waals surface area contributed by atoms with E-state index in [4.69, 9.17) is 9.47 Å². The van der Waals surface area contributed by atoms with Gasteiger partial charge < -0.3 is 19.3 Å². The lowest BCUT2D eigenvalue weighted by atomic mass is 10.1. The molecule has 2 aromatic carbocycles. The van der Waals surface area contributed by atoms with Gasteiger partial charge in [0.05, 0.1) is 12.3 Å². The highest BCUT2D eigenvalue weighted by Crippen LogP contribution is 2.20. The second-order valence-electron chi connectivity index (χ2n) is 7.70. The normalized spacial score (nSPS) is 13.7. The summed E-state index contributed by atoms with van der Waals surface area (Å²) in [5, 5.41) is 8.79. The predicted octanol–water partition coefficient (Wildman–Crippen LogP) is 3.58. The highest BCUT2D eigenvalue weighted by atomic mass is 16.5. The predicted molar refractivity (Wildman–Crippen MR) is 124 cm³/mol. The number of piperazine rings is 1. The van der Waals surface area contributed by atoms with E-state index < -0.39 is 0 Å². The lowest BCUT2D eigenvalue weighted by molar-refractivity contribution is -0.133. The monoisotopic (exact) mass is 432 g/mol. The molecule has 7 nitrogen and oxygen atoms in total. The molecule has 1 saturated heterocycles. The second kappa shape index (κ2) is 10.1. The smallest absolute Gasteiger partial charge is 0.260 e. The topological polar surface area (TPSA) is 67.8 Å². The summed E-state index contributed by atoms with van der Waals surface area (Å²) in [7, 11) is 0. The van der Waals surface area contributed by atoms with E-state index in [1.54, 1.807) is 0 Å². The van der Waals surface area contributed by atoms with Crippen molar-refractivity contribution in [2.24, 2.45) is 0 Å². The SMILES string of the molecule is CCOc1ccc(OCC(=O)N2CCN(c3ccc(-c4ccc(C)cc4)nn3)CC2)cc1. The Bertz CT molecular complexity index is 1010. The average molecular weight is 433 g/mol. The molecule has 1 aliphatic rings. The number of benzene rings is 2. The van der Waals surface area contributed by atoms with Gasteiger partial charge in [0.25, 0.3) is 5.91 Å². The first-order valence-corrected chi connectivity index (χ1v) is 10.9. The van der Waals surface area contributed by atoms with Gasteiger partial charge in [-0.15, -0.1) is 10.2 Å². The Morgan fingerprint density at radius 1 is 0.844 bits per heavy atom. The number of hydrogen-bond donors (Lipinski definition) is 0.